The maximum Gasteiger partial charge on any atom is 0.321 e. The Labute approximate surface area is 129 Å². The quantitative estimate of drug-likeness (QED) is 0.884. The number of hydrogen-bond acceptors (Lipinski definition) is 3. The minimum atomic E-state index is -0.0994. The molecule has 0 aliphatic heterocycles. The number of urea groups is 1. The molecule has 1 unspecified atom stereocenters. The number of rotatable bonds is 5. The number of amides is 2. The molecule has 2 amide bonds. The topological polar surface area (TPSA) is 44.4 Å². The third-order valence-electron chi connectivity index (χ3n) is 3.39. The van der Waals surface area contributed by atoms with Gasteiger partial charge in [0.2, 0.25) is 0 Å². The molecule has 0 aliphatic rings. The van der Waals surface area contributed by atoms with E-state index in [2.05, 4.69) is 17.6 Å². The van der Waals surface area contributed by atoms with Gasteiger partial charge >= 0.3 is 6.03 Å². The second-order valence-corrected chi connectivity index (χ2v) is 6.03. The molecule has 2 aromatic rings. The first-order valence-electron chi connectivity index (χ1n) is 6.92. The summed E-state index contributed by atoms with van der Waals surface area (Å²) in [6.45, 7) is 2.71. The second kappa shape index (κ2) is 7.24. The molecule has 1 aromatic heterocycles. The molecule has 2 N–H and O–H groups in total. The normalized spacial score (nSPS) is 12.0. The van der Waals surface area contributed by atoms with Gasteiger partial charge in [-0.3, -0.25) is 0 Å². The van der Waals surface area contributed by atoms with E-state index in [1.807, 2.05) is 48.8 Å². The summed E-state index contributed by atoms with van der Waals surface area (Å²) < 4.78 is 0. The Morgan fingerprint density at radius 1 is 1.33 bits per heavy atom. The first kappa shape index (κ1) is 15.5. The van der Waals surface area contributed by atoms with Crippen molar-refractivity contribution in [2.45, 2.75) is 19.5 Å². The third kappa shape index (κ3) is 4.31. The number of nitrogens with one attached hydrogen (secondary N) is 2. The Morgan fingerprint density at radius 3 is 2.81 bits per heavy atom. The van der Waals surface area contributed by atoms with Crippen LogP contribution in [0.2, 0.25) is 0 Å². The van der Waals surface area contributed by atoms with Crippen molar-refractivity contribution in [3.8, 4) is 0 Å². The second-order valence-electron chi connectivity index (χ2n) is 5.00. The summed E-state index contributed by atoms with van der Waals surface area (Å²) >= 11 is 1.65. The van der Waals surface area contributed by atoms with Gasteiger partial charge in [-0.15, -0.1) is 11.3 Å². The fraction of sp³-hybridized carbons (Fsp3) is 0.312. The number of nitrogens with zero attached hydrogens (tertiary/aromatic N) is 1. The Bertz CT molecular complexity index is 583. The third-order valence-corrected chi connectivity index (χ3v) is 4.25. The molecule has 0 fully saturated rings. The minimum Gasteiger partial charge on any atom is -0.322 e. The summed E-state index contributed by atoms with van der Waals surface area (Å²) in [5.74, 6) is 0. The minimum absolute atomic E-state index is 0.0994. The molecular formula is C16H21N3OS. The van der Waals surface area contributed by atoms with Crippen molar-refractivity contribution in [2.24, 2.45) is 0 Å². The number of thiophene rings is 1. The number of carbonyl (C=O) groups is 1. The number of anilines is 1. The highest BCUT2D eigenvalue weighted by molar-refractivity contribution is 7.09. The van der Waals surface area contributed by atoms with Crippen LogP contribution < -0.4 is 10.6 Å². The van der Waals surface area contributed by atoms with Crippen LogP contribution in [0.4, 0.5) is 10.5 Å². The summed E-state index contributed by atoms with van der Waals surface area (Å²) in [6, 6.07) is 12.1. The Hall–Kier alpha value is -1.85. The van der Waals surface area contributed by atoms with Crippen LogP contribution in [-0.2, 0) is 6.54 Å². The predicted octanol–water partition coefficient (Wildman–Crippen LogP) is 3.69. The standard InChI is InChI=1S/C16H21N3OS/c1-12(17-2)13-6-4-7-14(10-13)18-16(20)19(3)11-15-8-5-9-21-15/h4-10,12,17H,11H2,1-3H3,(H,18,20). The van der Waals surface area contributed by atoms with Crippen molar-refractivity contribution >= 4 is 23.1 Å². The summed E-state index contributed by atoms with van der Waals surface area (Å²) in [4.78, 5) is 15.0. The summed E-state index contributed by atoms with van der Waals surface area (Å²) in [5.41, 5.74) is 1.97. The van der Waals surface area contributed by atoms with Crippen molar-refractivity contribution in [1.82, 2.24) is 10.2 Å². The first-order valence-corrected chi connectivity index (χ1v) is 7.80. The van der Waals surface area contributed by atoms with Gasteiger partial charge in [-0.25, -0.2) is 4.79 Å². The van der Waals surface area contributed by atoms with Crippen LogP contribution in [0.25, 0.3) is 0 Å². The van der Waals surface area contributed by atoms with E-state index in [1.54, 1.807) is 23.3 Å². The van der Waals surface area contributed by atoms with Crippen molar-refractivity contribution in [1.29, 1.82) is 0 Å². The smallest absolute Gasteiger partial charge is 0.321 e. The van der Waals surface area contributed by atoms with Gasteiger partial charge in [0.15, 0.2) is 0 Å². The predicted molar refractivity (Wildman–Crippen MR) is 88.7 cm³/mol. The molecule has 5 heteroatoms. The molecule has 0 saturated heterocycles. The fourth-order valence-electron chi connectivity index (χ4n) is 1.98. The summed E-state index contributed by atoms with van der Waals surface area (Å²) in [7, 11) is 3.72. The number of benzene rings is 1. The van der Waals surface area contributed by atoms with Gasteiger partial charge in [-0.1, -0.05) is 18.2 Å². The summed E-state index contributed by atoms with van der Waals surface area (Å²) in [6.07, 6.45) is 0. The Balaban J connectivity index is 1.98. The molecular weight excluding hydrogens is 282 g/mol. The molecule has 0 bridgehead atoms. The van der Waals surface area contributed by atoms with Gasteiger partial charge in [0.05, 0.1) is 6.54 Å². The molecule has 0 radical (unpaired) electrons. The van der Waals surface area contributed by atoms with E-state index in [0.29, 0.717) is 6.54 Å². The Kier molecular flexibility index (Phi) is 5.36. The maximum atomic E-state index is 12.2. The van der Waals surface area contributed by atoms with Crippen molar-refractivity contribution in [3.05, 3.63) is 52.2 Å². The van der Waals surface area contributed by atoms with Gasteiger partial charge in [-0.05, 0) is 43.1 Å². The number of carbonyl (C=O) groups excluding carboxylic acids is 1. The zero-order valence-electron chi connectivity index (χ0n) is 12.6. The van der Waals surface area contributed by atoms with Crippen LogP contribution in [0, 0.1) is 0 Å². The first-order chi connectivity index (χ1) is 10.1. The van der Waals surface area contributed by atoms with Crippen molar-refractivity contribution in [3.63, 3.8) is 0 Å². The lowest BCUT2D eigenvalue weighted by Crippen LogP contribution is -2.30. The SMILES string of the molecule is CNC(C)c1cccc(NC(=O)N(C)Cc2cccs2)c1. The van der Waals surface area contributed by atoms with Gasteiger partial charge in [-0.2, -0.15) is 0 Å². The monoisotopic (exact) mass is 303 g/mol. The molecule has 1 aromatic carbocycles. The van der Waals surface area contributed by atoms with Crippen LogP contribution >= 0.6 is 11.3 Å². The van der Waals surface area contributed by atoms with Crippen LogP contribution in [0.15, 0.2) is 41.8 Å². The molecule has 0 spiro atoms. The van der Waals surface area contributed by atoms with E-state index in [9.17, 15) is 4.79 Å². The molecule has 2 rings (SSSR count). The van der Waals surface area contributed by atoms with E-state index >= 15 is 0 Å². The highest BCUT2D eigenvalue weighted by Crippen LogP contribution is 2.18. The molecule has 21 heavy (non-hydrogen) atoms. The Morgan fingerprint density at radius 2 is 2.14 bits per heavy atom. The van der Waals surface area contributed by atoms with E-state index < -0.39 is 0 Å². The molecule has 4 nitrogen and oxygen atoms in total. The van der Waals surface area contributed by atoms with Gasteiger partial charge < -0.3 is 15.5 Å². The lowest BCUT2D eigenvalue weighted by atomic mass is 10.1. The average molecular weight is 303 g/mol. The van der Waals surface area contributed by atoms with E-state index in [1.165, 1.54) is 4.88 Å². The molecule has 112 valence electrons. The molecule has 1 atom stereocenters. The van der Waals surface area contributed by atoms with E-state index in [4.69, 9.17) is 0 Å². The van der Waals surface area contributed by atoms with Gasteiger partial charge in [0, 0.05) is 23.7 Å². The fourth-order valence-corrected chi connectivity index (χ4v) is 2.74. The van der Waals surface area contributed by atoms with Crippen LogP contribution in [0.1, 0.15) is 23.4 Å². The van der Waals surface area contributed by atoms with Crippen molar-refractivity contribution < 1.29 is 4.79 Å². The molecule has 0 aliphatic carbocycles. The summed E-state index contributed by atoms with van der Waals surface area (Å²) in [5, 5.41) is 8.15. The highest BCUT2D eigenvalue weighted by Gasteiger charge is 2.11. The molecule has 1 heterocycles. The molecule has 0 saturated carbocycles. The maximum absolute atomic E-state index is 12.2. The van der Waals surface area contributed by atoms with Crippen LogP contribution in [-0.4, -0.2) is 25.0 Å². The van der Waals surface area contributed by atoms with Gasteiger partial charge in [0.25, 0.3) is 0 Å². The lowest BCUT2D eigenvalue weighted by molar-refractivity contribution is 0.221. The van der Waals surface area contributed by atoms with Crippen LogP contribution in [0.5, 0.6) is 0 Å². The van der Waals surface area contributed by atoms with Crippen molar-refractivity contribution in [2.75, 3.05) is 19.4 Å². The van der Waals surface area contributed by atoms with Crippen LogP contribution in [0.3, 0.4) is 0 Å². The zero-order chi connectivity index (χ0) is 15.2. The zero-order valence-corrected chi connectivity index (χ0v) is 13.4. The largest absolute Gasteiger partial charge is 0.322 e. The van der Waals surface area contributed by atoms with E-state index in [0.717, 1.165) is 11.3 Å². The lowest BCUT2D eigenvalue weighted by Gasteiger charge is -2.18. The van der Waals surface area contributed by atoms with Gasteiger partial charge in [0.1, 0.15) is 0 Å². The average Bonchev–Trinajstić information content (AvgIpc) is 2.99. The van der Waals surface area contributed by atoms with E-state index in [-0.39, 0.29) is 12.1 Å². The highest BCUT2D eigenvalue weighted by atomic mass is 32.1. The number of hydrogen-bond donors (Lipinski definition) is 2.